The molecule has 0 bridgehead atoms. The van der Waals surface area contributed by atoms with Gasteiger partial charge in [0, 0.05) is 20.0 Å². The van der Waals surface area contributed by atoms with Gasteiger partial charge >= 0.3 is 0 Å². The first kappa shape index (κ1) is 15.1. The van der Waals surface area contributed by atoms with Crippen LogP contribution in [0.25, 0.3) is 0 Å². The zero-order valence-corrected chi connectivity index (χ0v) is 15.5. The molecule has 0 aliphatic carbocycles. The largest absolute Gasteiger partial charge is 0.379 e. The quantitative estimate of drug-likeness (QED) is 0.590. The van der Waals surface area contributed by atoms with Crippen molar-refractivity contribution in [3.05, 3.63) is 60.4 Å². The van der Waals surface area contributed by atoms with Crippen LogP contribution >= 0.6 is 47.8 Å². The molecule has 0 radical (unpaired) electrons. The van der Waals surface area contributed by atoms with Crippen LogP contribution in [0, 0.1) is 13.8 Å². The average Bonchev–Trinajstić information content (AvgIpc) is 2.32. The Morgan fingerprint density at radius 3 is 2.11 bits per heavy atom. The van der Waals surface area contributed by atoms with Crippen LogP contribution in [0.2, 0.25) is 0 Å². The van der Waals surface area contributed by atoms with Gasteiger partial charge < -0.3 is 5.32 Å². The lowest BCUT2D eigenvalue weighted by Crippen LogP contribution is -2.01. The predicted molar refractivity (Wildman–Crippen MR) is 92.8 cm³/mol. The number of nitrogens with one attached hydrogen (secondary N) is 1. The smallest absolute Gasteiger partial charge is 0.0632 e. The summed E-state index contributed by atoms with van der Waals surface area (Å²) in [5.41, 5.74) is 5.01. The second-order valence-corrected chi connectivity index (χ2v) is 7.14. The molecule has 19 heavy (non-hydrogen) atoms. The monoisotopic (exact) mass is 445 g/mol. The summed E-state index contributed by atoms with van der Waals surface area (Å²) in [7, 11) is 0. The lowest BCUT2D eigenvalue weighted by molar-refractivity contribution is 1.12. The van der Waals surface area contributed by atoms with Gasteiger partial charge in [-0.2, -0.15) is 0 Å². The average molecular weight is 448 g/mol. The summed E-state index contributed by atoms with van der Waals surface area (Å²) in [4.78, 5) is 0. The Balaban J connectivity index is 2.16. The molecular formula is C15H14Br3N. The van der Waals surface area contributed by atoms with E-state index in [1.165, 1.54) is 16.7 Å². The minimum atomic E-state index is 0.806. The summed E-state index contributed by atoms with van der Waals surface area (Å²) < 4.78 is 3.12. The van der Waals surface area contributed by atoms with Crippen molar-refractivity contribution in [1.82, 2.24) is 0 Å². The molecule has 0 unspecified atom stereocenters. The fourth-order valence-electron chi connectivity index (χ4n) is 1.82. The van der Waals surface area contributed by atoms with E-state index in [-0.39, 0.29) is 0 Å². The first-order chi connectivity index (χ1) is 8.97. The molecule has 1 N–H and O–H groups in total. The van der Waals surface area contributed by atoms with Crippen molar-refractivity contribution < 1.29 is 0 Å². The second-order valence-electron chi connectivity index (χ2n) is 4.52. The summed E-state index contributed by atoms with van der Waals surface area (Å²) in [6.07, 6.45) is 0. The molecule has 2 rings (SSSR count). The van der Waals surface area contributed by atoms with Gasteiger partial charge in [-0.3, -0.25) is 0 Å². The standard InChI is InChI=1S/C15H14Br3N/c1-9-3-4-11(5-10(9)2)8-19-15-13(17)6-12(16)7-14(15)18/h3-7,19H,8H2,1-2H3. The molecule has 0 saturated carbocycles. The van der Waals surface area contributed by atoms with Crippen LogP contribution in [0.3, 0.4) is 0 Å². The topological polar surface area (TPSA) is 12.0 Å². The molecular weight excluding hydrogens is 434 g/mol. The van der Waals surface area contributed by atoms with E-state index >= 15 is 0 Å². The Kier molecular flexibility index (Phi) is 5.09. The number of aryl methyl sites for hydroxylation is 2. The van der Waals surface area contributed by atoms with Crippen LogP contribution in [0.5, 0.6) is 0 Å². The highest BCUT2D eigenvalue weighted by Crippen LogP contribution is 2.34. The molecule has 0 saturated heterocycles. The van der Waals surface area contributed by atoms with Crippen LogP contribution < -0.4 is 5.32 Å². The number of hydrogen-bond acceptors (Lipinski definition) is 1. The van der Waals surface area contributed by atoms with Crippen molar-refractivity contribution >= 4 is 53.5 Å². The van der Waals surface area contributed by atoms with E-state index in [4.69, 9.17) is 0 Å². The van der Waals surface area contributed by atoms with E-state index in [1.54, 1.807) is 0 Å². The van der Waals surface area contributed by atoms with Gasteiger partial charge in [0.05, 0.1) is 5.69 Å². The maximum Gasteiger partial charge on any atom is 0.0632 e. The Hall–Kier alpha value is -0.320. The first-order valence-electron chi connectivity index (χ1n) is 5.92. The normalized spacial score (nSPS) is 10.6. The minimum Gasteiger partial charge on any atom is -0.379 e. The lowest BCUT2D eigenvalue weighted by atomic mass is 10.1. The van der Waals surface area contributed by atoms with E-state index in [0.717, 1.165) is 25.7 Å². The van der Waals surface area contributed by atoms with Crippen molar-refractivity contribution in [2.24, 2.45) is 0 Å². The van der Waals surface area contributed by atoms with Crippen LogP contribution in [0.15, 0.2) is 43.7 Å². The van der Waals surface area contributed by atoms with Crippen molar-refractivity contribution in [3.8, 4) is 0 Å². The van der Waals surface area contributed by atoms with Crippen LogP contribution in [-0.4, -0.2) is 0 Å². The molecule has 100 valence electrons. The maximum atomic E-state index is 3.58. The van der Waals surface area contributed by atoms with E-state index in [2.05, 4.69) is 85.2 Å². The highest BCUT2D eigenvalue weighted by Gasteiger charge is 2.06. The number of rotatable bonds is 3. The van der Waals surface area contributed by atoms with Gasteiger partial charge in [-0.05, 0) is 74.5 Å². The summed E-state index contributed by atoms with van der Waals surface area (Å²) in [5.74, 6) is 0. The molecule has 0 atom stereocenters. The Morgan fingerprint density at radius 1 is 0.895 bits per heavy atom. The van der Waals surface area contributed by atoms with Gasteiger partial charge in [-0.15, -0.1) is 0 Å². The van der Waals surface area contributed by atoms with Crippen LogP contribution in [0.1, 0.15) is 16.7 Å². The number of halogens is 3. The van der Waals surface area contributed by atoms with Gasteiger partial charge in [-0.25, -0.2) is 0 Å². The molecule has 2 aromatic rings. The van der Waals surface area contributed by atoms with Gasteiger partial charge in [0.1, 0.15) is 0 Å². The summed E-state index contributed by atoms with van der Waals surface area (Å²) in [6, 6.07) is 10.6. The van der Waals surface area contributed by atoms with Crippen molar-refractivity contribution in [3.63, 3.8) is 0 Å². The minimum absolute atomic E-state index is 0.806. The van der Waals surface area contributed by atoms with Crippen LogP contribution in [-0.2, 0) is 6.54 Å². The number of hydrogen-bond donors (Lipinski definition) is 1. The number of benzene rings is 2. The molecule has 0 spiro atoms. The van der Waals surface area contributed by atoms with E-state index in [0.29, 0.717) is 0 Å². The first-order valence-corrected chi connectivity index (χ1v) is 8.30. The lowest BCUT2D eigenvalue weighted by Gasteiger charge is -2.12. The highest BCUT2D eigenvalue weighted by molar-refractivity contribution is 9.11. The highest BCUT2D eigenvalue weighted by atomic mass is 79.9. The fourth-order valence-corrected chi connectivity index (χ4v) is 4.35. The molecule has 0 aliphatic heterocycles. The third-order valence-corrected chi connectivity index (χ3v) is 4.76. The molecule has 4 heteroatoms. The van der Waals surface area contributed by atoms with Crippen molar-refractivity contribution in [2.45, 2.75) is 20.4 Å². The Morgan fingerprint density at radius 2 is 1.53 bits per heavy atom. The maximum absolute atomic E-state index is 3.58. The van der Waals surface area contributed by atoms with Gasteiger partial charge in [0.2, 0.25) is 0 Å². The molecule has 0 fully saturated rings. The molecule has 0 aromatic heterocycles. The van der Waals surface area contributed by atoms with E-state index in [1.807, 2.05) is 12.1 Å². The third kappa shape index (κ3) is 3.83. The zero-order valence-electron chi connectivity index (χ0n) is 10.7. The second kappa shape index (κ2) is 6.42. The Bertz CT molecular complexity index is 585. The van der Waals surface area contributed by atoms with Gasteiger partial charge in [0.25, 0.3) is 0 Å². The summed E-state index contributed by atoms with van der Waals surface area (Å²) in [6.45, 7) is 5.08. The van der Waals surface area contributed by atoms with E-state index < -0.39 is 0 Å². The summed E-state index contributed by atoms with van der Waals surface area (Å²) in [5, 5.41) is 3.46. The molecule has 0 aliphatic rings. The molecule has 0 heterocycles. The summed E-state index contributed by atoms with van der Waals surface area (Å²) >= 11 is 10.6. The molecule has 1 nitrogen and oxygen atoms in total. The zero-order chi connectivity index (χ0) is 14.0. The van der Waals surface area contributed by atoms with Crippen LogP contribution in [0.4, 0.5) is 5.69 Å². The third-order valence-electron chi connectivity index (χ3n) is 3.05. The van der Waals surface area contributed by atoms with Crippen molar-refractivity contribution in [2.75, 3.05) is 5.32 Å². The molecule has 0 amide bonds. The molecule has 2 aromatic carbocycles. The Labute approximate surface area is 139 Å². The van der Waals surface area contributed by atoms with Crippen molar-refractivity contribution in [1.29, 1.82) is 0 Å². The number of anilines is 1. The fraction of sp³-hybridized carbons (Fsp3) is 0.200. The SMILES string of the molecule is Cc1ccc(CNc2c(Br)cc(Br)cc2Br)cc1C. The van der Waals surface area contributed by atoms with E-state index in [9.17, 15) is 0 Å². The van der Waals surface area contributed by atoms with Gasteiger partial charge in [0.15, 0.2) is 0 Å². The predicted octanol–water partition coefficient (Wildman–Crippen LogP) is 6.20. The van der Waals surface area contributed by atoms with Gasteiger partial charge in [-0.1, -0.05) is 34.1 Å².